The molecule has 1 aliphatic heterocycles. The lowest BCUT2D eigenvalue weighted by molar-refractivity contribution is -0.0440. The van der Waals surface area contributed by atoms with Gasteiger partial charge in [-0.1, -0.05) is 0 Å². The highest BCUT2D eigenvalue weighted by Crippen LogP contribution is 2.29. The molecule has 2 heterocycles. The molecule has 1 fully saturated rings. The summed E-state index contributed by atoms with van der Waals surface area (Å²) < 4.78 is 32.5. The largest absolute Gasteiger partial charge is 0.373 e. The second kappa shape index (κ2) is 6.04. The molecule has 1 amide bonds. The van der Waals surface area contributed by atoms with Gasteiger partial charge in [-0.25, -0.2) is 8.42 Å². The first-order valence-electron chi connectivity index (χ1n) is 6.73. The molecule has 0 radical (unpaired) electrons. The first-order valence-corrected chi connectivity index (χ1v) is 8.99. The van der Waals surface area contributed by atoms with Crippen molar-refractivity contribution in [2.45, 2.75) is 37.9 Å². The minimum absolute atomic E-state index is 0.138. The summed E-state index contributed by atoms with van der Waals surface area (Å²) in [6.07, 6.45) is -0.276. The zero-order valence-electron chi connectivity index (χ0n) is 12.5. The number of aryl methyl sites for hydroxylation is 1. The third-order valence-electron chi connectivity index (χ3n) is 3.33. The Kier molecular flexibility index (Phi) is 4.72. The van der Waals surface area contributed by atoms with E-state index in [0.29, 0.717) is 22.8 Å². The van der Waals surface area contributed by atoms with Crippen LogP contribution in [-0.4, -0.2) is 51.0 Å². The monoisotopic (exact) mass is 332 g/mol. The van der Waals surface area contributed by atoms with Crippen LogP contribution in [0.3, 0.4) is 0 Å². The standard InChI is InChI=1S/C13H20N2O4S2/c1-8-6-15(7-9(2)19-8)21(17,18)12-5-11(13(16)14-4)20-10(12)3/h5,8-9H,6-7H2,1-4H3,(H,14,16)/t8-,9+. The highest BCUT2D eigenvalue weighted by Gasteiger charge is 2.34. The number of hydrogen-bond acceptors (Lipinski definition) is 5. The molecule has 1 aliphatic rings. The molecule has 0 spiro atoms. The van der Waals surface area contributed by atoms with Gasteiger partial charge < -0.3 is 10.1 Å². The van der Waals surface area contributed by atoms with Crippen LogP contribution in [0.4, 0.5) is 0 Å². The highest BCUT2D eigenvalue weighted by molar-refractivity contribution is 7.89. The van der Waals surface area contributed by atoms with Crippen molar-refractivity contribution in [2.24, 2.45) is 0 Å². The van der Waals surface area contributed by atoms with Gasteiger partial charge in [-0.2, -0.15) is 4.31 Å². The second-order valence-electron chi connectivity index (χ2n) is 5.19. The number of sulfonamides is 1. The number of rotatable bonds is 3. The van der Waals surface area contributed by atoms with Crippen molar-refractivity contribution in [1.82, 2.24) is 9.62 Å². The molecule has 8 heteroatoms. The lowest BCUT2D eigenvalue weighted by Crippen LogP contribution is -2.48. The molecule has 1 N–H and O–H groups in total. The van der Waals surface area contributed by atoms with E-state index in [1.165, 1.54) is 28.8 Å². The summed E-state index contributed by atoms with van der Waals surface area (Å²) >= 11 is 1.19. The molecule has 0 aromatic carbocycles. The molecule has 1 aromatic heterocycles. The molecular formula is C13H20N2O4S2. The molecule has 118 valence electrons. The Bertz CT molecular complexity index is 629. The number of carbonyl (C=O) groups is 1. The van der Waals surface area contributed by atoms with Gasteiger partial charge in [-0.3, -0.25) is 4.79 Å². The summed E-state index contributed by atoms with van der Waals surface area (Å²) in [5.41, 5.74) is 0. The minimum Gasteiger partial charge on any atom is -0.373 e. The van der Waals surface area contributed by atoms with E-state index < -0.39 is 10.0 Å². The first-order chi connectivity index (χ1) is 9.75. The number of thiophene rings is 1. The maximum absolute atomic E-state index is 12.8. The molecule has 0 aliphatic carbocycles. The molecule has 0 saturated carbocycles. The van der Waals surface area contributed by atoms with Crippen LogP contribution < -0.4 is 5.32 Å². The number of carbonyl (C=O) groups excluding carboxylic acids is 1. The topological polar surface area (TPSA) is 75.7 Å². The Hall–Kier alpha value is -0.960. The summed E-state index contributed by atoms with van der Waals surface area (Å²) in [5, 5.41) is 2.51. The summed E-state index contributed by atoms with van der Waals surface area (Å²) in [5.74, 6) is -0.270. The van der Waals surface area contributed by atoms with E-state index in [9.17, 15) is 13.2 Å². The van der Waals surface area contributed by atoms with E-state index in [1.807, 2.05) is 13.8 Å². The summed E-state index contributed by atoms with van der Waals surface area (Å²) in [6, 6.07) is 1.46. The quantitative estimate of drug-likeness (QED) is 0.903. The Morgan fingerprint density at radius 1 is 1.38 bits per heavy atom. The number of nitrogens with one attached hydrogen (secondary N) is 1. The smallest absolute Gasteiger partial charge is 0.261 e. The maximum atomic E-state index is 12.8. The molecule has 1 aromatic rings. The van der Waals surface area contributed by atoms with Crippen molar-refractivity contribution in [3.05, 3.63) is 15.8 Å². The van der Waals surface area contributed by atoms with Gasteiger partial charge >= 0.3 is 0 Å². The third-order valence-corrected chi connectivity index (χ3v) is 6.46. The molecule has 0 bridgehead atoms. The van der Waals surface area contributed by atoms with E-state index in [4.69, 9.17) is 4.74 Å². The molecule has 2 rings (SSSR count). The Labute approximate surface area is 129 Å². The van der Waals surface area contributed by atoms with E-state index in [1.54, 1.807) is 6.92 Å². The number of amides is 1. The van der Waals surface area contributed by atoms with Crippen LogP contribution in [0.15, 0.2) is 11.0 Å². The molecule has 2 atom stereocenters. The zero-order valence-corrected chi connectivity index (χ0v) is 14.2. The van der Waals surface area contributed by atoms with Crippen molar-refractivity contribution in [3.8, 4) is 0 Å². The van der Waals surface area contributed by atoms with Gasteiger partial charge in [0.05, 0.1) is 22.0 Å². The summed E-state index contributed by atoms with van der Waals surface area (Å²) in [6.45, 7) is 6.09. The fourth-order valence-corrected chi connectivity index (χ4v) is 5.52. The summed E-state index contributed by atoms with van der Waals surface area (Å²) in [7, 11) is -2.07. The van der Waals surface area contributed by atoms with E-state index in [2.05, 4.69) is 5.32 Å². The molecule has 21 heavy (non-hydrogen) atoms. The van der Waals surface area contributed by atoms with Crippen molar-refractivity contribution < 1.29 is 17.9 Å². The molecular weight excluding hydrogens is 312 g/mol. The first kappa shape index (κ1) is 16.4. The van der Waals surface area contributed by atoms with Crippen molar-refractivity contribution >= 4 is 27.3 Å². The van der Waals surface area contributed by atoms with Crippen molar-refractivity contribution in [2.75, 3.05) is 20.1 Å². The normalized spacial score (nSPS) is 24.0. The van der Waals surface area contributed by atoms with Crippen LogP contribution in [-0.2, 0) is 14.8 Å². The SMILES string of the molecule is CNC(=O)c1cc(S(=O)(=O)N2C[C@@H](C)O[C@@H](C)C2)c(C)s1. The van der Waals surface area contributed by atoms with Crippen LogP contribution >= 0.6 is 11.3 Å². The number of morpholine rings is 1. The van der Waals surface area contributed by atoms with Crippen molar-refractivity contribution in [3.63, 3.8) is 0 Å². The van der Waals surface area contributed by atoms with Gasteiger partial charge in [0, 0.05) is 25.0 Å². The van der Waals surface area contributed by atoms with Gasteiger partial charge in [0.25, 0.3) is 5.91 Å². The van der Waals surface area contributed by atoms with E-state index in [0.717, 1.165) is 0 Å². The average Bonchev–Trinajstić information content (AvgIpc) is 2.79. The number of nitrogens with zero attached hydrogens (tertiary/aromatic N) is 1. The number of hydrogen-bond donors (Lipinski definition) is 1. The second-order valence-corrected chi connectivity index (χ2v) is 8.35. The summed E-state index contributed by atoms with van der Waals surface area (Å²) in [4.78, 5) is 12.9. The fraction of sp³-hybridized carbons (Fsp3) is 0.615. The van der Waals surface area contributed by atoms with Crippen LogP contribution in [0.2, 0.25) is 0 Å². The van der Waals surface area contributed by atoms with Crippen LogP contribution in [0, 0.1) is 6.92 Å². The van der Waals surface area contributed by atoms with Crippen LogP contribution in [0.25, 0.3) is 0 Å². The van der Waals surface area contributed by atoms with Crippen LogP contribution in [0.5, 0.6) is 0 Å². The van der Waals surface area contributed by atoms with Gasteiger partial charge in [-0.05, 0) is 26.8 Å². The predicted octanol–water partition coefficient (Wildman–Crippen LogP) is 1.21. The average molecular weight is 332 g/mol. The van der Waals surface area contributed by atoms with E-state index >= 15 is 0 Å². The van der Waals surface area contributed by atoms with Gasteiger partial charge in [0.15, 0.2) is 0 Å². The Balaban J connectivity index is 2.35. The molecule has 0 unspecified atom stereocenters. The van der Waals surface area contributed by atoms with Gasteiger partial charge in [0.2, 0.25) is 10.0 Å². The maximum Gasteiger partial charge on any atom is 0.261 e. The fourth-order valence-electron chi connectivity index (χ4n) is 2.42. The Morgan fingerprint density at radius 2 is 1.95 bits per heavy atom. The minimum atomic E-state index is -3.60. The lowest BCUT2D eigenvalue weighted by Gasteiger charge is -2.34. The molecule has 6 nitrogen and oxygen atoms in total. The highest BCUT2D eigenvalue weighted by atomic mass is 32.2. The third kappa shape index (κ3) is 3.28. The van der Waals surface area contributed by atoms with Crippen LogP contribution in [0.1, 0.15) is 28.4 Å². The van der Waals surface area contributed by atoms with Crippen molar-refractivity contribution in [1.29, 1.82) is 0 Å². The zero-order chi connectivity index (χ0) is 15.8. The predicted molar refractivity (Wildman–Crippen MR) is 81.2 cm³/mol. The van der Waals surface area contributed by atoms with Gasteiger partial charge in [0.1, 0.15) is 0 Å². The Morgan fingerprint density at radius 3 is 2.48 bits per heavy atom. The molecule has 1 saturated heterocycles. The lowest BCUT2D eigenvalue weighted by atomic mass is 10.3. The van der Waals surface area contributed by atoms with Gasteiger partial charge in [-0.15, -0.1) is 11.3 Å². The van der Waals surface area contributed by atoms with E-state index in [-0.39, 0.29) is 23.0 Å². The number of ether oxygens (including phenoxy) is 1.